The molecule has 0 bridgehead atoms. The van der Waals surface area contributed by atoms with E-state index in [0.717, 1.165) is 12.1 Å². The van der Waals surface area contributed by atoms with Crippen LogP contribution in [-0.4, -0.2) is 29.2 Å². The van der Waals surface area contributed by atoms with Crippen molar-refractivity contribution in [1.82, 2.24) is 0 Å². The van der Waals surface area contributed by atoms with Crippen LogP contribution in [0.2, 0.25) is 0 Å². The molecule has 0 heterocycles. The van der Waals surface area contributed by atoms with Gasteiger partial charge in [-0.3, -0.25) is 4.55 Å². The first-order valence-corrected chi connectivity index (χ1v) is 4.80. The lowest BCUT2D eigenvalue weighted by atomic mass is 10.2. The van der Waals surface area contributed by atoms with Crippen LogP contribution in [0, 0.1) is 0 Å². The molecule has 1 rings (SSSR count). The zero-order valence-corrected chi connectivity index (χ0v) is 7.52. The van der Waals surface area contributed by atoms with E-state index in [4.69, 9.17) is 14.8 Å². The lowest BCUT2D eigenvalue weighted by Gasteiger charge is -2.01. The molecule has 6 nitrogen and oxygen atoms in total. The van der Waals surface area contributed by atoms with Crippen molar-refractivity contribution < 1.29 is 28.0 Å². The summed E-state index contributed by atoms with van der Waals surface area (Å²) < 4.78 is 29.9. The summed E-state index contributed by atoms with van der Waals surface area (Å²) in [6, 6.07) is 2.58. The van der Waals surface area contributed by atoms with Gasteiger partial charge in [-0.15, -0.1) is 0 Å². The minimum Gasteiger partial charge on any atom is -0.506 e. The van der Waals surface area contributed by atoms with Crippen LogP contribution in [0.3, 0.4) is 0 Å². The van der Waals surface area contributed by atoms with Crippen LogP contribution in [0.1, 0.15) is 10.4 Å². The van der Waals surface area contributed by atoms with Crippen LogP contribution in [0.25, 0.3) is 0 Å². The van der Waals surface area contributed by atoms with Crippen molar-refractivity contribution in [2.45, 2.75) is 4.90 Å². The normalized spacial score (nSPS) is 11.2. The molecule has 0 spiro atoms. The summed E-state index contributed by atoms with van der Waals surface area (Å²) in [6.45, 7) is 0. The highest BCUT2D eigenvalue weighted by Gasteiger charge is 2.17. The highest BCUT2D eigenvalue weighted by Crippen LogP contribution is 2.23. The summed E-state index contributed by atoms with van der Waals surface area (Å²) in [6.07, 6.45) is 0. The fraction of sp³-hybridized carbons (Fsp3) is 0. The Labute approximate surface area is 79.2 Å². The third-order valence-electron chi connectivity index (χ3n) is 1.48. The lowest BCUT2D eigenvalue weighted by Crippen LogP contribution is -2.02. The molecular weight excluding hydrogens is 212 g/mol. The maximum absolute atomic E-state index is 10.6. The molecule has 3 N–H and O–H groups in total. The van der Waals surface area contributed by atoms with Gasteiger partial charge in [-0.1, -0.05) is 0 Å². The molecule has 0 amide bonds. The molecular formula is C7H6O6S. The molecule has 0 saturated heterocycles. The van der Waals surface area contributed by atoms with Gasteiger partial charge in [0, 0.05) is 0 Å². The zero-order chi connectivity index (χ0) is 10.9. The molecule has 1 aromatic carbocycles. The molecule has 0 saturated carbocycles. The maximum Gasteiger partial charge on any atom is 0.335 e. The standard InChI is InChI=1S/C7H6O6S/c8-5-2-1-4(7(9)10)3-6(5)14(11,12)13/h1-3,8H,(H,9,10)(H,11,12,13). The number of rotatable bonds is 2. The average molecular weight is 218 g/mol. The molecule has 7 heteroatoms. The van der Waals surface area contributed by atoms with E-state index in [0.29, 0.717) is 6.07 Å². The molecule has 0 radical (unpaired) electrons. The van der Waals surface area contributed by atoms with Crippen molar-refractivity contribution in [3.05, 3.63) is 23.8 Å². The van der Waals surface area contributed by atoms with Crippen LogP contribution in [0.5, 0.6) is 5.75 Å². The quantitative estimate of drug-likeness (QED) is 0.617. The van der Waals surface area contributed by atoms with E-state index in [1.807, 2.05) is 0 Å². The van der Waals surface area contributed by atoms with E-state index in [-0.39, 0.29) is 5.56 Å². The molecule has 0 aromatic heterocycles. The number of hydrogen-bond acceptors (Lipinski definition) is 4. The second-order valence-electron chi connectivity index (χ2n) is 2.46. The number of carbonyl (C=O) groups is 1. The number of carboxylic acids is 1. The Morgan fingerprint density at radius 2 is 1.86 bits per heavy atom. The van der Waals surface area contributed by atoms with Gasteiger partial charge >= 0.3 is 5.97 Å². The second kappa shape index (κ2) is 3.28. The van der Waals surface area contributed by atoms with E-state index in [2.05, 4.69) is 0 Å². The van der Waals surface area contributed by atoms with Crippen LogP contribution in [0.15, 0.2) is 23.1 Å². The number of carboxylic acid groups (broad SMARTS) is 1. The fourth-order valence-electron chi connectivity index (χ4n) is 0.854. The van der Waals surface area contributed by atoms with Gasteiger partial charge in [0.2, 0.25) is 0 Å². The van der Waals surface area contributed by atoms with Crippen LogP contribution in [-0.2, 0) is 10.1 Å². The van der Waals surface area contributed by atoms with E-state index in [9.17, 15) is 13.2 Å². The molecule has 14 heavy (non-hydrogen) atoms. The molecule has 0 fully saturated rings. The minimum absolute atomic E-state index is 0.338. The first-order chi connectivity index (χ1) is 6.32. The van der Waals surface area contributed by atoms with Crippen molar-refractivity contribution in [1.29, 1.82) is 0 Å². The Morgan fingerprint density at radius 1 is 1.29 bits per heavy atom. The predicted octanol–water partition coefficient (Wildman–Crippen LogP) is 0.337. The highest BCUT2D eigenvalue weighted by atomic mass is 32.2. The van der Waals surface area contributed by atoms with Crippen LogP contribution < -0.4 is 0 Å². The van der Waals surface area contributed by atoms with E-state index in [1.54, 1.807) is 0 Å². The molecule has 0 aliphatic carbocycles. The van der Waals surface area contributed by atoms with Gasteiger partial charge in [-0.05, 0) is 18.2 Å². The molecule has 0 unspecified atom stereocenters. The monoisotopic (exact) mass is 218 g/mol. The minimum atomic E-state index is -4.60. The van der Waals surface area contributed by atoms with E-state index < -0.39 is 26.7 Å². The predicted molar refractivity (Wildman–Crippen MR) is 44.9 cm³/mol. The Balaban J connectivity index is 3.44. The van der Waals surface area contributed by atoms with Gasteiger partial charge in [-0.25, -0.2) is 4.79 Å². The Kier molecular flexibility index (Phi) is 2.45. The fourth-order valence-corrected chi connectivity index (χ4v) is 1.46. The Hall–Kier alpha value is -1.60. The molecule has 0 aliphatic rings. The lowest BCUT2D eigenvalue weighted by molar-refractivity contribution is 0.0696. The largest absolute Gasteiger partial charge is 0.506 e. The van der Waals surface area contributed by atoms with Gasteiger partial charge < -0.3 is 10.2 Å². The highest BCUT2D eigenvalue weighted by molar-refractivity contribution is 7.86. The smallest absolute Gasteiger partial charge is 0.335 e. The molecule has 76 valence electrons. The summed E-state index contributed by atoms with van der Waals surface area (Å²) in [5.41, 5.74) is -0.338. The summed E-state index contributed by atoms with van der Waals surface area (Å²) in [5, 5.41) is 17.5. The van der Waals surface area contributed by atoms with Crippen molar-refractivity contribution >= 4 is 16.1 Å². The van der Waals surface area contributed by atoms with Crippen LogP contribution in [0.4, 0.5) is 0 Å². The second-order valence-corrected chi connectivity index (χ2v) is 3.85. The molecule has 0 atom stereocenters. The average Bonchev–Trinajstić information content (AvgIpc) is 2.02. The SMILES string of the molecule is O=C(O)c1ccc(O)c(S(=O)(=O)O)c1. The van der Waals surface area contributed by atoms with Crippen molar-refractivity contribution in [3.63, 3.8) is 0 Å². The summed E-state index contributed by atoms with van der Waals surface area (Å²) in [7, 11) is -4.60. The molecule has 0 aliphatic heterocycles. The van der Waals surface area contributed by atoms with Crippen molar-refractivity contribution in [2.75, 3.05) is 0 Å². The van der Waals surface area contributed by atoms with Crippen LogP contribution >= 0.6 is 0 Å². The molecule has 1 aromatic rings. The number of hydrogen-bond donors (Lipinski definition) is 3. The van der Waals surface area contributed by atoms with E-state index >= 15 is 0 Å². The third kappa shape index (κ3) is 2.01. The van der Waals surface area contributed by atoms with Crippen molar-refractivity contribution in [3.8, 4) is 5.75 Å². The van der Waals surface area contributed by atoms with Gasteiger partial charge in [-0.2, -0.15) is 8.42 Å². The number of aromatic hydroxyl groups is 1. The third-order valence-corrected chi connectivity index (χ3v) is 2.37. The van der Waals surface area contributed by atoms with Gasteiger partial charge in [0.05, 0.1) is 5.56 Å². The first kappa shape index (κ1) is 10.5. The number of phenols is 1. The zero-order valence-electron chi connectivity index (χ0n) is 6.71. The number of aromatic carboxylic acids is 1. The van der Waals surface area contributed by atoms with Gasteiger partial charge in [0.25, 0.3) is 10.1 Å². The Bertz CT molecular complexity index is 475. The first-order valence-electron chi connectivity index (χ1n) is 3.36. The number of benzene rings is 1. The Morgan fingerprint density at radius 3 is 2.29 bits per heavy atom. The summed E-state index contributed by atoms with van der Waals surface area (Å²) >= 11 is 0. The van der Waals surface area contributed by atoms with Gasteiger partial charge in [0.15, 0.2) is 0 Å². The van der Waals surface area contributed by atoms with Gasteiger partial charge in [0.1, 0.15) is 10.6 Å². The number of phenolic OH excluding ortho intramolecular Hbond substituents is 1. The maximum atomic E-state index is 10.6. The van der Waals surface area contributed by atoms with E-state index in [1.165, 1.54) is 0 Å². The summed E-state index contributed by atoms with van der Waals surface area (Å²) in [4.78, 5) is 9.61. The summed E-state index contributed by atoms with van der Waals surface area (Å²) in [5.74, 6) is -2.05. The topological polar surface area (TPSA) is 112 Å². The van der Waals surface area contributed by atoms with Crippen molar-refractivity contribution in [2.24, 2.45) is 0 Å².